The maximum absolute atomic E-state index is 8.11. The van der Waals surface area contributed by atoms with E-state index in [2.05, 4.69) is 0 Å². The van der Waals surface area contributed by atoms with E-state index in [9.17, 15) is 0 Å². The average molecular weight is 67.0 g/mol. The van der Waals surface area contributed by atoms with Crippen LogP contribution in [0.4, 0.5) is 4.70 Å². The zero-order valence-corrected chi connectivity index (χ0v) is 1.71. The van der Waals surface area contributed by atoms with Gasteiger partial charge in [-0.1, -0.05) is 0 Å². The summed E-state index contributed by atoms with van der Waals surface area (Å²) >= 11 is 0. The molecule has 0 aromatic rings. The standard InChI is InChI=1S/FH.HNO2/c;2-1-3/h1H;(H,2,3). The molecule has 26 valence electrons. The third-order valence-electron chi connectivity index (χ3n) is 0. The Bertz CT molecular complexity index is 13.5. The summed E-state index contributed by atoms with van der Waals surface area (Å²) in [6.07, 6.45) is 0. The monoisotopic (exact) mass is 67.0 g/mol. The molecular weight excluding hydrogens is 65.0 g/mol. The van der Waals surface area contributed by atoms with Crippen molar-refractivity contribution >= 4 is 0 Å². The van der Waals surface area contributed by atoms with Crippen LogP contribution in [0, 0.1) is 4.91 Å². The largest absolute Gasteiger partial charge is 0.379 e. The molecule has 0 aliphatic rings. The van der Waals surface area contributed by atoms with Crippen molar-refractivity contribution in [2.45, 2.75) is 0 Å². The number of hydrogen-bond acceptors (Lipinski definition) is 2. The highest BCUT2D eigenvalue weighted by molar-refractivity contribution is 3.83. The minimum atomic E-state index is 0. The molecule has 1 N–H and O–H groups in total. The van der Waals surface area contributed by atoms with E-state index in [1.165, 1.54) is 5.34 Å². The van der Waals surface area contributed by atoms with Crippen LogP contribution in [-0.2, 0) is 0 Å². The zero-order valence-electron chi connectivity index (χ0n) is 1.71. The minimum absolute atomic E-state index is 0. The Hall–Kier alpha value is -0.670. The summed E-state index contributed by atoms with van der Waals surface area (Å²) < 4.78 is 0. The Morgan fingerprint density at radius 3 is 1.75 bits per heavy atom. The SMILES string of the molecule is F.O=NO. The highest BCUT2D eigenvalue weighted by Crippen LogP contribution is 1.25. The second-order valence-corrected chi connectivity index (χ2v) is 0.0816. The van der Waals surface area contributed by atoms with Crippen molar-refractivity contribution in [3.8, 4) is 0 Å². The Morgan fingerprint density at radius 1 is 1.75 bits per heavy atom. The number of rotatable bonds is 0. The van der Waals surface area contributed by atoms with Gasteiger partial charge in [0, 0.05) is 0 Å². The van der Waals surface area contributed by atoms with Crippen molar-refractivity contribution in [2.24, 2.45) is 5.34 Å². The first-order chi connectivity index (χ1) is 1.41. The highest BCUT2D eigenvalue weighted by Gasteiger charge is 1.18. The van der Waals surface area contributed by atoms with Gasteiger partial charge in [0.25, 0.3) is 0 Å². The van der Waals surface area contributed by atoms with E-state index in [4.69, 9.17) is 10.1 Å². The summed E-state index contributed by atoms with van der Waals surface area (Å²) in [6, 6.07) is 0. The number of halogens is 1. The van der Waals surface area contributed by atoms with Crippen LogP contribution in [0.25, 0.3) is 0 Å². The van der Waals surface area contributed by atoms with Crippen LogP contribution >= 0.6 is 0 Å². The van der Waals surface area contributed by atoms with Gasteiger partial charge in [-0.25, -0.2) is 0 Å². The van der Waals surface area contributed by atoms with E-state index in [0.717, 1.165) is 0 Å². The van der Waals surface area contributed by atoms with Crippen molar-refractivity contribution in [3.05, 3.63) is 4.91 Å². The summed E-state index contributed by atoms with van der Waals surface area (Å²) in [7, 11) is 0. The van der Waals surface area contributed by atoms with Gasteiger partial charge in [0.1, 0.15) is 0 Å². The van der Waals surface area contributed by atoms with Crippen molar-refractivity contribution < 1.29 is 9.91 Å². The predicted octanol–water partition coefficient (Wildman–Crippen LogP) is 0.294. The average Bonchev–Trinajstić information content (AvgIpc) is 0.918. The summed E-state index contributed by atoms with van der Waals surface area (Å²) in [6.45, 7) is 0. The molecule has 0 aliphatic heterocycles. The molecule has 0 unspecified atom stereocenters. The Labute approximate surface area is 21.5 Å². The van der Waals surface area contributed by atoms with Crippen molar-refractivity contribution in [1.29, 1.82) is 0 Å². The van der Waals surface area contributed by atoms with Gasteiger partial charge in [0.15, 0.2) is 5.34 Å². The lowest BCUT2D eigenvalue weighted by molar-refractivity contribution is 0.312. The first-order valence-electron chi connectivity index (χ1n) is 0.383. The van der Waals surface area contributed by atoms with E-state index in [0.29, 0.717) is 0 Å². The summed E-state index contributed by atoms with van der Waals surface area (Å²) in [5, 5.41) is 7.89. The molecule has 0 saturated carbocycles. The minimum Gasteiger partial charge on any atom is -0.379 e. The van der Waals surface area contributed by atoms with Crippen LogP contribution < -0.4 is 0 Å². The fourth-order valence-electron chi connectivity index (χ4n) is 0. The third kappa shape index (κ3) is 0.323. The van der Waals surface area contributed by atoms with Gasteiger partial charge in [0.2, 0.25) is 0 Å². The second-order valence-electron chi connectivity index (χ2n) is 0.0816. The van der Waals surface area contributed by atoms with Crippen molar-refractivity contribution in [2.75, 3.05) is 0 Å². The lowest BCUT2D eigenvalue weighted by Crippen LogP contribution is -1.25. The Morgan fingerprint density at radius 2 is 1.75 bits per heavy atom. The molecular formula is H2FNO2. The molecule has 0 amide bonds. The molecule has 0 spiro atoms. The topological polar surface area (TPSA) is 49.7 Å². The lowest BCUT2D eigenvalue weighted by atomic mass is 13.4. The molecule has 0 aromatic heterocycles. The summed E-state index contributed by atoms with van der Waals surface area (Å²) in [5.74, 6) is 0. The summed E-state index contributed by atoms with van der Waals surface area (Å²) in [5.41, 5.74) is 0. The smallest absolute Gasteiger partial charge is 0.152 e. The van der Waals surface area contributed by atoms with Gasteiger partial charge in [-0.15, -0.1) is 4.91 Å². The van der Waals surface area contributed by atoms with Gasteiger partial charge < -0.3 is 5.21 Å². The Balaban J connectivity index is 0. The quantitative estimate of drug-likeness (QED) is 0.327. The maximum atomic E-state index is 8.11. The second kappa shape index (κ2) is 37.8. The molecule has 0 bridgehead atoms. The van der Waals surface area contributed by atoms with Gasteiger partial charge in [-0.3, -0.25) is 4.70 Å². The molecule has 0 rings (SSSR count). The van der Waals surface area contributed by atoms with Crippen LogP contribution in [0.2, 0.25) is 0 Å². The van der Waals surface area contributed by atoms with E-state index >= 15 is 0 Å². The van der Waals surface area contributed by atoms with Gasteiger partial charge in [0.05, 0.1) is 0 Å². The van der Waals surface area contributed by atoms with Crippen LogP contribution in [0.1, 0.15) is 0 Å². The van der Waals surface area contributed by atoms with E-state index in [-0.39, 0.29) is 4.70 Å². The fraction of sp³-hybridized carbons (Fsp3) is 0. The van der Waals surface area contributed by atoms with E-state index in [1.54, 1.807) is 0 Å². The van der Waals surface area contributed by atoms with Crippen LogP contribution in [-0.4, -0.2) is 5.21 Å². The van der Waals surface area contributed by atoms with Gasteiger partial charge in [-0.2, -0.15) is 0 Å². The first-order valence-corrected chi connectivity index (χ1v) is 0.383. The molecule has 4 heteroatoms. The molecule has 0 heterocycles. The molecule has 0 radical (unpaired) electrons. The molecule has 0 aromatic carbocycles. The Kier molecular flexibility index (Phi) is 96.7. The normalized spacial score (nSPS) is 3.00. The lowest BCUT2D eigenvalue weighted by Gasteiger charge is -1.32. The third-order valence-corrected chi connectivity index (χ3v) is 0. The van der Waals surface area contributed by atoms with Gasteiger partial charge in [-0.05, 0) is 0 Å². The highest BCUT2D eigenvalue weighted by atomic mass is 19.0. The fourth-order valence-corrected chi connectivity index (χ4v) is 0. The zero-order chi connectivity index (χ0) is 2.71. The van der Waals surface area contributed by atoms with Crippen LogP contribution in [0.15, 0.2) is 5.34 Å². The van der Waals surface area contributed by atoms with Crippen molar-refractivity contribution in [3.63, 3.8) is 0 Å². The van der Waals surface area contributed by atoms with E-state index < -0.39 is 0 Å². The van der Waals surface area contributed by atoms with E-state index in [1.807, 2.05) is 0 Å². The van der Waals surface area contributed by atoms with Gasteiger partial charge >= 0.3 is 0 Å². The molecule has 0 fully saturated rings. The number of nitrogens with zero attached hydrogens (tertiary/aromatic N) is 1. The molecule has 0 saturated heterocycles. The first kappa shape index (κ1) is 10.2. The van der Waals surface area contributed by atoms with Crippen LogP contribution in [0.3, 0.4) is 0 Å². The van der Waals surface area contributed by atoms with Crippen molar-refractivity contribution in [1.82, 2.24) is 0 Å². The molecule has 0 atom stereocenters. The predicted molar refractivity (Wildman–Crippen MR) is 10.1 cm³/mol. The van der Waals surface area contributed by atoms with Crippen LogP contribution in [0.5, 0.6) is 0 Å². The molecule has 3 nitrogen and oxygen atoms in total. The number of hydrogen-bond donors (Lipinski definition) is 1. The summed E-state index contributed by atoms with van der Waals surface area (Å²) in [4.78, 5) is 8.11. The molecule has 4 heavy (non-hydrogen) atoms. The maximum Gasteiger partial charge on any atom is 0.152 e. The molecule has 0 aliphatic carbocycles.